The Morgan fingerprint density at radius 3 is 2.32 bits per heavy atom. The van der Waals surface area contributed by atoms with Crippen molar-refractivity contribution in [2.75, 3.05) is 19.1 Å². The molecule has 1 aliphatic heterocycles. The summed E-state index contributed by atoms with van der Waals surface area (Å²) in [5, 5.41) is 12.0. The van der Waals surface area contributed by atoms with Crippen LogP contribution in [0, 0.1) is 6.92 Å². The molecular weight excluding hydrogens is 477 g/mol. The van der Waals surface area contributed by atoms with Gasteiger partial charge in [0.1, 0.15) is 5.76 Å². The first-order valence-corrected chi connectivity index (χ1v) is 11.1. The number of nitrogens with zero attached hydrogens (tertiary/aromatic N) is 1. The molecule has 0 saturated carbocycles. The van der Waals surface area contributed by atoms with Gasteiger partial charge < -0.3 is 14.6 Å². The molecule has 3 aromatic carbocycles. The van der Waals surface area contributed by atoms with Crippen LogP contribution in [0.25, 0.3) is 5.76 Å². The summed E-state index contributed by atoms with van der Waals surface area (Å²) in [7, 11) is 3.00. The maximum absolute atomic E-state index is 13.3. The molecule has 1 saturated heterocycles. The van der Waals surface area contributed by atoms with E-state index in [0.29, 0.717) is 43.9 Å². The predicted octanol–water partition coefficient (Wildman–Crippen LogP) is 5.95. The van der Waals surface area contributed by atoms with Gasteiger partial charge in [-0.25, -0.2) is 0 Å². The summed E-state index contributed by atoms with van der Waals surface area (Å²) in [6.45, 7) is 1.76. The van der Waals surface area contributed by atoms with Crippen LogP contribution in [0.15, 0.2) is 66.2 Å². The fourth-order valence-electron chi connectivity index (χ4n) is 4.07. The highest BCUT2D eigenvalue weighted by atomic mass is 35.5. The number of carbonyl (C=O) groups is 2. The van der Waals surface area contributed by atoms with Gasteiger partial charge in [-0.1, -0.05) is 47.5 Å². The first kappa shape index (κ1) is 23.7. The zero-order chi connectivity index (χ0) is 24.6. The van der Waals surface area contributed by atoms with Crippen molar-refractivity contribution in [1.82, 2.24) is 0 Å². The lowest BCUT2D eigenvalue weighted by atomic mass is 9.94. The minimum atomic E-state index is -0.948. The van der Waals surface area contributed by atoms with E-state index in [0.717, 1.165) is 0 Å². The van der Waals surface area contributed by atoms with Crippen LogP contribution in [0.3, 0.4) is 0 Å². The van der Waals surface area contributed by atoms with E-state index in [1.807, 2.05) is 0 Å². The number of aliphatic hydroxyl groups excluding tert-OH is 1. The second-order valence-corrected chi connectivity index (χ2v) is 8.52. The maximum Gasteiger partial charge on any atom is 0.300 e. The van der Waals surface area contributed by atoms with Crippen LogP contribution >= 0.6 is 23.2 Å². The number of ketones is 1. The van der Waals surface area contributed by atoms with Gasteiger partial charge in [0.15, 0.2) is 11.5 Å². The summed E-state index contributed by atoms with van der Waals surface area (Å²) < 4.78 is 10.8. The molecule has 1 N–H and O–H groups in total. The van der Waals surface area contributed by atoms with Gasteiger partial charge in [-0.15, -0.1) is 0 Å². The number of anilines is 1. The van der Waals surface area contributed by atoms with E-state index in [4.69, 9.17) is 32.7 Å². The lowest BCUT2D eigenvalue weighted by Gasteiger charge is -2.27. The largest absolute Gasteiger partial charge is 0.507 e. The molecular formula is C26H21Cl2NO5. The summed E-state index contributed by atoms with van der Waals surface area (Å²) >= 11 is 12.4. The maximum atomic E-state index is 13.3. The van der Waals surface area contributed by atoms with E-state index in [1.54, 1.807) is 61.5 Å². The van der Waals surface area contributed by atoms with Crippen LogP contribution in [0.4, 0.5) is 5.69 Å². The molecule has 0 radical (unpaired) electrons. The van der Waals surface area contributed by atoms with Gasteiger partial charge in [0.25, 0.3) is 11.7 Å². The molecule has 174 valence electrons. The number of methoxy groups -OCH3 is 2. The SMILES string of the molecule is COc1ccc(C2/C(=C(\O)c3cccc(Cl)c3)C(=O)C(=O)N2c2cccc(Cl)c2C)cc1OC. The van der Waals surface area contributed by atoms with Crippen molar-refractivity contribution in [2.45, 2.75) is 13.0 Å². The zero-order valence-electron chi connectivity index (χ0n) is 18.6. The Morgan fingerprint density at radius 2 is 1.65 bits per heavy atom. The number of halogens is 2. The van der Waals surface area contributed by atoms with Crippen LogP contribution in [0.1, 0.15) is 22.7 Å². The van der Waals surface area contributed by atoms with E-state index in [9.17, 15) is 14.7 Å². The highest BCUT2D eigenvalue weighted by molar-refractivity contribution is 6.52. The van der Waals surface area contributed by atoms with Gasteiger partial charge in [-0.05, 0) is 54.4 Å². The molecule has 1 heterocycles. The number of amides is 1. The molecule has 3 aromatic rings. The normalized spacial score (nSPS) is 17.2. The molecule has 1 amide bonds. The van der Waals surface area contributed by atoms with Crippen molar-refractivity contribution in [3.63, 3.8) is 0 Å². The Labute approximate surface area is 206 Å². The van der Waals surface area contributed by atoms with Gasteiger partial charge in [0.05, 0.1) is 25.8 Å². The number of rotatable bonds is 5. The van der Waals surface area contributed by atoms with Crippen LogP contribution in [0.5, 0.6) is 11.5 Å². The minimum Gasteiger partial charge on any atom is -0.507 e. The Bertz CT molecular complexity index is 1330. The van der Waals surface area contributed by atoms with E-state index in [1.165, 1.54) is 25.2 Å². The number of Topliss-reactive ketones (excluding diaryl/α,β-unsaturated/α-hetero) is 1. The number of carbonyl (C=O) groups excluding carboxylic acids is 2. The third-order valence-corrected chi connectivity index (χ3v) is 6.41. The van der Waals surface area contributed by atoms with Gasteiger partial charge >= 0.3 is 0 Å². The molecule has 6 nitrogen and oxygen atoms in total. The van der Waals surface area contributed by atoms with E-state index in [2.05, 4.69) is 0 Å². The monoisotopic (exact) mass is 497 g/mol. The van der Waals surface area contributed by atoms with Crippen LogP contribution in [0.2, 0.25) is 10.0 Å². The lowest BCUT2D eigenvalue weighted by Crippen LogP contribution is -2.30. The Kier molecular flexibility index (Phi) is 6.55. The predicted molar refractivity (Wildman–Crippen MR) is 132 cm³/mol. The van der Waals surface area contributed by atoms with E-state index < -0.39 is 17.7 Å². The Balaban J connectivity index is 2.01. The van der Waals surface area contributed by atoms with Crippen molar-refractivity contribution in [3.05, 3.63) is 93.0 Å². The lowest BCUT2D eigenvalue weighted by molar-refractivity contribution is -0.132. The summed E-state index contributed by atoms with van der Waals surface area (Å²) in [6, 6.07) is 15.7. The fourth-order valence-corrected chi connectivity index (χ4v) is 4.43. The fraction of sp³-hybridized carbons (Fsp3) is 0.154. The van der Waals surface area contributed by atoms with Gasteiger partial charge in [0, 0.05) is 21.3 Å². The van der Waals surface area contributed by atoms with Gasteiger partial charge in [-0.3, -0.25) is 14.5 Å². The summed E-state index contributed by atoms with van der Waals surface area (Å²) in [6.07, 6.45) is 0. The van der Waals surface area contributed by atoms with Crippen LogP contribution < -0.4 is 14.4 Å². The zero-order valence-corrected chi connectivity index (χ0v) is 20.1. The van der Waals surface area contributed by atoms with Gasteiger partial charge in [0.2, 0.25) is 0 Å². The van der Waals surface area contributed by atoms with E-state index in [-0.39, 0.29) is 11.3 Å². The van der Waals surface area contributed by atoms with Crippen molar-refractivity contribution in [1.29, 1.82) is 0 Å². The van der Waals surface area contributed by atoms with Crippen molar-refractivity contribution >= 4 is 46.3 Å². The first-order valence-electron chi connectivity index (χ1n) is 10.3. The number of aliphatic hydroxyl groups is 1. The molecule has 1 fully saturated rings. The van der Waals surface area contributed by atoms with E-state index >= 15 is 0 Å². The summed E-state index contributed by atoms with van der Waals surface area (Å²) in [4.78, 5) is 28.0. The van der Waals surface area contributed by atoms with Gasteiger partial charge in [-0.2, -0.15) is 0 Å². The van der Waals surface area contributed by atoms with Crippen LogP contribution in [-0.2, 0) is 9.59 Å². The molecule has 0 aliphatic carbocycles. The second kappa shape index (κ2) is 9.41. The summed E-state index contributed by atoms with van der Waals surface area (Å²) in [5.74, 6) is -1.04. The Hall–Kier alpha value is -3.48. The number of hydrogen-bond donors (Lipinski definition) is 1. The van der Waals surface area contributed by atoms with Crippen LogP contribution in [-0.4, -0.2) is 31.0 Å². The smallest absolute Gasteiger partial charge is 0.300 e. The van der Waals surface area contributed by atoms with Crippen molar-refractivity contribution in [3.8, 4) is 11.5 Å². The van der Waals surface area contributed by atoms with Crippen molar-refractivity contribution < 1.29 is 24.2 Å². The van der Waals surface area contributed by atoms with Crippen molar-refractivity contribution in [2.24, 2.45) is 0 Å². The number of hydrogen-bond acceptors (Lipinski definition) is 5. The molecule has 1 atom stereocenters. The molecule has 0 spiro atoms. The third-order valence-electron chi connectivity index (χ3n) is 5.76. The topological polar surface area (TPSA) is 76.1 Å². The quantitative estimate of drug-likeness (QED) is 0.268. The molecule has 0 aromatic heterocycles. The number of ether oxygens (including phenoxy) is 2. The number of benzene rings is 3. The summed E-state index contributed by atoms with van der Waals surface area (Å²) in [5.41, 5.74) is 1.87. The molecule has 0 bridgehead atoms. The Morgan fingerprint density at radius 1 is 0.941 bits per heavy atom. The molecule has 34 heavy (non-hydrogen) atoms. The standard InChI is InChI=1S/C26H21Cl2NO5/c1-14-18(28)8-5-9-19(14)29-23(15-10-11-20(33-2)21(13-15)34-3)22(25(31)26(29)32)24(30)16-6-4-7-17(27)12-16/h4-13,23,30H,1-3H3/b24-22+. The third kappa shape index (κ3) is 4.00. The first-order chi connectivity index (χ1) is 16.3. The average molecular weight is 498 g/mol. The average Bonchev–Trinajstić information content (AvgIpc) is 3.10. The minimum absolute atomic E-state index is 0.0705. The highest BCUT2D eigenvalue weighted by Gasteiger charge is 2.47. The molecule has 8 heteroatoms. The molecule has 4 rings (SSSR count). The second-order valence-electron chi connectivity index (χ2n) is 7.68. The highest BCUT2D eigenvalue weighted by Crippen LogP contribution is 2.45. The molecule has 1 aliphatic rings. The molecule has 1 unspecified atom stereocenters.